The molecule has 0 atom stereocenters. The van der Waals surface area contributed by atoms with E-state index in [1.165, 1.54) is 0 Å². The highest BCUT2D eigenvalue weighted by Crippen LogP contribution is 2.38. The van der Waals surface area contributed by atoms with E-state index in [-0.39, 0.29) is 10.6 Å². The third-order valence-corrected chi connectivity index (χ3v) is 6.16. The third kappa shape index (κ3) is 6.45. The van der Waals surface area contributed by atoms with E-state index in [1.54, 1.807) is 78.2 Å². The Hall–Kier alpha value is -4.82. The molecule has 0 fully saturated rings. The Balaban J connectivity index is 1.73. The lowest BCUT2D eigenvalue weighted by molar-refractivity contribution is -0.120. The molecule has 1 heterocycles. The van der Waals surface area contributed by atoms with E-state index in [0.717, 1.165) is 16.3 Å². The summed E-state index contributed by atoms with van der Waals surface area (Å²) in [4.78, 5) is 38.2. The van der Waals surface area contributed by atoms with Crippen molar-refractivity contribution in [3.8, 4) is 34.8 Å². The fraction of sp³-hybridized carbons (Fsp3) is 0. The number of hydrazine groups is 1. The topological polar surface area (TPSA) is 86.7 Å². The van der Waals surface area contributed by atoms with E-state index in [2.05, 4.69) is 29.1 Å². The summed E-state index contributed by atoms with van der Waals surface area (Å²) in [6.07, 6.45) is 0. The molecule has 0 spiro atoms. The van der Waals surface area contributed by atoms with Gasteiger partial charge in [-0.15, -0.1) is 11.3 Å². The van der Waals surface area contributed by atoms with Crippen LogP contribution in [0, 0.1) is 23.7 Å². The molecular formula is C29H17ClN2O4S. The highest BCUT2D eigenvalue weighted by molar-refractivity contribution is 7.15. The highest BCUT2D eigenvalue weighted by atomic mass is 35.5. The average Bonchev–Trinajstić information content (AvgIpc) is 3.36. The van der Waals surface area contributed by atoms with Gasteiger partial charge in [-0.25, -0.2) is 10.2 Å². The zero-order chi connectivity index (χ0) is 26.2. The van der Waals surface area contributed by atoms with Crippen molar-refractivity contribution >= 4 is 45.7 Å². The highest BCUT2D eigenvalue weighted by Gasteiger charge is 2.28. The summed E-state index contributed by atoms with van der Waals surface area (Å²) in [5.74, 6) is 7.42. The minimum absolute atomic E-state index is 0.0142. The number of nitrogens with zero attached hydrogens (tertiary/aromatic N) is 1. The van der Waals surface area contributed by atoms with Gasteiger partial charge in [-0.05, 0) is 42.0 Å². The Labute approximate surface area is 222 Å². The summed E-state index contributed by atoms with van der Waals surface area (Å²) in [6.45, 7) is 0. The Bertz CT molecular complexity index is 1580. The van der Waals surface area contributed by atoms with Gasteiger partial charge < -0.3 is 5.11 Å². The second-order valence-electron chi connectivity index (χ2n) is 7.46. The molecule has 0 unspecified atom stereocenters. The lowest BCUT2D eigenvalue weighted by Crippen LogP contribution is -2.45. The van der Waals surface area contributed by atoms with Crippen LogP contribution in [-0.2, 0) is 9.59 Å². The number of hydrogen-bond donors (Lipinski definition) is 2. The Morgan fingerprint density at radius 3 is 1.95 bits per heavy atom. The molecule has 3 aromatic carbocycles. The van der Waals surface area contributed by atoms with E-state index in [0.29, 0.717) is 27.3 Å². The summed E-state index contributed by atoms with van der Waals surface area (Å²) in [7, 11) is 0. The first-order chi connectivity index (χ1) is 17.9. The maximum absolute atomic E-state index is 13.2. The van der Waals surface area contributed by atoms with E-state index in [1.807, 2.05) is 12.1 Å². The number of hydrogen-bond acceptors (Lipinski definition) is 4. The van der Waals surface area contributed by atoms with Gasteiger partial charge in [0, 0.05) is 38.9 Å². The van der Waals surface area contributed by atoms with Crippen LogP contribution in [0.3, 0.4) is 0 Å². The lowest BCUT2D eigenvalue weighted by Gasteiger charge is -2.19. The maximum Gasteiger partial charge on any atom is 0.339 e. The van der Waals surface area contributed by atoms with Crippen LogP contribution in [0.4, 0.5) is 5.00 Å². The number of benzene rings is 3. The lowest BCUT2D eigenvalue weighted by atomic mass is 10.0. The number of halogens is 1. The molecule has 0 aliphatic carbocycles. The van der Waals surface area contributed by atoms with Crippen molar-refractivity contribution < 1.29 is 19.5 Å². The summed E-state index contributed by atoms with van der Waals surface area (Å²) in [5, 5.41) is 12.9. The number of carboxylic acids is 1. The maximum atomic E-state index is 13.2. The van der Waals surface area contributed by atoms with Gasteiger partial charge in [0.25, 0.3) is 0 Å². The molecule has 0 saturated heterocycles. The summed E-state index contributed by atoms with van der Waals surface area (Å²) >= 11 is 6.95. The van der Waals surface area contributed by atoms with Gasteiger partial charge in [-0.3, -0.25) is 9.59 Å². The molecule has 0 radical (unpaired) electrons. The van der Waals surface area contributed by atoms with Gasteiger partial charge >= 0.3 is 17.8 Å². The number of carboxylic acid groups (broad SMARTS) is 1. The molecular weight excluding hydrogens is 508 g/mol. The SMILES string of the molecule is O=C(C#Cc1ccccc1)NN(C(=O)C#Cc1ccccc1)c1scc(-c2ccc(Cl)cc2)c1C(=O)O. The van der Waals surface area contributed by atoms with Crippen molar-refractivity contribution in [2.24, 2.45) is 0 Å². The minimum atomic E-state index is -1.28. The number of nitrogens with one attached hydrogen (secondary N) is 1. The second kappa shape index (κ2) is 11.7. The molecule has 4 aromatic rings. The smallest absolute Gasteiger partial charge is 0.339 e. The van der Waals surface area contributed by atoms with E-state index < -0.39 is 17.8 Å². The largest absolute Gasteiger partial charge is 0.478 e. The molecule has 6 nitrogen and oxygen atoms in total. The van der Waals surface area contributed by atoms with Crippen LogP contribution in [0.1, 0.15) is 21.5 Å². The van der Waals surface area contributed by atoms with Crippen LogP contribution in [0.15, 0.2) is 90.3 Å². The molecule has 0 bridgehead atoms. The minimum Gasteiger partial charge on any atom is -0.478 e. The van der Waals surface area contributed by atoms with Gasteiger partial charge in [0.15, 0.2) is 0 Å². The van der Waals surface area contributed by atoms with Crippen molar-refractivity contribution in [3.05, 3.63) is 112 Å². The van der Waals surface area contributed by atoms with Crippen molar-refractivity contribution in [1.29, 1.82) is 0 Å². The van der Waals surface area contributed by atoms with Crippen molar-refractivity contribution in [1.82, 2.24) is 5.43 Å². The molecule has 180 valence electrons. The standard InChI is InChI=1S/C29H17ClN2O4S/c30-23-15-13-22(14-16-23)24-19-37-28(27(24)29(35)36)32(26(34)18-12-21-9-5-2-6-10-21)31-25(33)17-11-20-7-3-1-4-8-20/h1-10,13-16,19H,(H,31,33)(H,35,36). The number of aromatic carboxylic acids is 1. The Kier molecular flexibility index (Phi) is 8.02. The van der Waals surface area contributed by atoms with Crippen LogP contribution in [0.5, 0.6) is 0 Å². The molecule has 2 N–H and O–H groups in total. The van der Waals surface area contributed by atoms with Gasteiger partial charge in [-0.2, -0.15) is 5.01 Å². The molecule has 1 aromatic heterocycles. The third-order valence-electron chi connectivity index (χ3n) is 4.94. The quantitative estimate of drug-likeness (QED) is 0.284. The first-order valence-electron chi connectivity index (χ1n) is 10.8. The van der Waals surface area contributed by atoms with Crippen LogP contribution in [-0.4, -0.2) is 22.9 Å². The normalized spacial score (nSPS) is 9.76. The molecule has 0 aliphatic heterocycles. The van der Waals surface area contributed by atoms with Gasteiger partial charge in [0.05, 0.1) is 0 Å². The average molecular weight is 525 g/mol. The number of carbonyl (C=O) groups is 3. The van der Waals surface area contributed by atoms with Crippen LogP contribution in [0.25, 0.3) is 11.1 Å². The Morgan fingerprint density at radius 1 is 0.811 bits per heavy atom. The van der Waals surface area contributed by atoms with Gasteiger partial charge in [-0.1, -0.05) is 72.0 Å². The molecule has 0 aliphatic rings. The Morgan fingerprint density at radius 2 is 1.38 bits per heavy atom. The molecule has 0 saturated carbocycles. The fourth-order valence-electron chi connectivity index (χ4n) is 3.24. The van der Waals surface area contributed by atoms with Crippen LogP contribution in [0.2, 0.25) is 5.02 Å². The number of anilines is 1. The van der Waals surface area contributed by atoms with Crippen molar-refractivity contribution in [2.75, 3.05) is 5.01 Å². The second-order valence-corrected chi connectivity index (χ2v) is 8.75. The number of thiophene rings is 1. The fourth-order valence-corrected chi connectivity index (χ4v) is 4.40. The molecule has 37 heavy (non-hydrogen) atoms. The van der Waals surface area contributed by atoms with Crippen molar-refractivity contribution in [3.63, 3.8) is 0 Å². The molecule has 2 amide bonds. The summed E-state index contributed by atoms with van der Waals surface area (Å²) in [6, 6.07) is 24.3. The van der Waals surface area contributed by atoms with E-state index in [9.17, 15) is 19.5 Å². The van der Waals surface area contributed by atoms with Crippen LogP contribution >= 0.6 is 22.9 Å². The zero-order valence-electron chi connectivity index (χ0n) is 19.1. The predicted octanol–water partition coefficient (Wildman–Crippen LogP) is 5.23. The van der Waals surface area contributed by atoms with E-state index >= 15 is 0 Å². The number of amides is 2. The zero-order valence-corrected chi connectivity index (χ0v) is 20.6. The monoisotopic (exact) mass is 524 g/mol. The van der Waals surface area contributed by atoms with Crippen molar-refractivity contribution in [2.45, 2.75) is 0 Å². The van der Waals surface area contributed by atoms with Crippen LogP contribution < -0.4 is 10.4 Å². The number of carbonyl (C=O) groups excluding carboxylic acids is 2. The molecule has 8 heteroatoms. The number of rotatable bonds is 3. The summed E-state index contributed by atoms with van der Waals surface area (Å²) in [5.41, 5.74) is 4.37. The first-order valence-corrected chi connectivity index (χ1v) is 12.1. The van der Waals surface area contributed by atoms with Gasteiger partial charge in [0.2, 0.25) is 0 Å². The van der Waals surface area contributed by atoms with E-state index in [4.69, 9.17) is 11.6 Å². The predicted molar refractivity (Wildman–Crippen MR) is 144 cm³/mol. The van der Waals surface area contributed by atoms with Gasteiger partial charge in [0.1, 0.15) is 10.6 Å². The molecule has 4 rings (SSSR count). The first kappa shape index (κ1) is 25.3. The summed E-state index contributed by atoms with van der Waals surface area (Å²) < 4.78 is 0.